The van der Waals surface area contributed by atoms with Gasteiger partial charge in [-0.2, -0.15) is 0 Å². The predicted molar refractivity (Wildman–Crippen MR) is 114 cm³/mol. The number of carbonyl (C=O) groups excluding carboxylic acids is 2. The van der Waals surface area contributed by atoms with Crippen molar-refractivity contribution in [2.24, 2.45) is 7.05 Å². The second kappa shape index (κ2) is 9.21. The molecular formula is C22H24N4O3S. The van der Waals surface area contributed by atoms with Gasteiger partial charge in [-0.25, -0.2) is 4.98 Å². The van der Waals surface area contributed by atoms with Crippen LogP contribution in [0.5, 0.6) is 0 Å². The molecule has 7 nitrogen and oxygen atoms in total. The normalized spacial score (nSPS) is 13.6. The number of thioether (sulfide) groups is 1. The maximum Gasteiger partial charge on any atom is 0.287 e. The lowest BCUT2D eigenvalue weighted by Gasteiger charge is -2.15. The average molecular weight is 425 g/mol. The zero-order valence-electron chi connectivity index (χ0n) is 16.8. The van der Waals surface area contributed by atoms with Gasteiger partial charge in [0, 0.05) is 44.6 Å². The van der Waals surface area contributed by atoms with E-state index >= 15 is 0 Å². The van der Waals surface area contributed by atoms with Crippen LogP contribution >= 0.6 is 11.8 Å². The minimum atomic E-state index is -0.278. The molecular weight excluding hydrogens is 400 g/mol. The molecule has 0 saturated carbocycles. The van der Waals surface area contributed by atoms with Gasteiger partial charge < -0.3 is 19.2 Å². The van der Waals surface area contributed by atoms with E-state index in [1.807, 2.05) is 47.0 Å². The molecule has 30 heavy (non-hydrogen) atoms. The Morgan fingerprint density at radius 1 is 1.20 bits per heavy atom. The van der Waals surface area contributed by atoms with Crippen LogP contribution in [0.3, 0.4) is 0 Å². The van der Waals surface area contributed by atoms with Gasteiger partial charge in [-0.15, -0.1) is 0 Å². The van der Waals surface area contributed by atoms with Crippen LogP contribution in [0, 0.1) is 0 Å². The number of likely N-dealkylation sites (tertiary alicyclic amines) is 1. The highest BCUT2D eigenvalue weighted by molar-refractivity contribution is 7.98. The van der Waals surface area contributed by atoms with Crippen molar-refractivity contribution in [1.29, 1.82) is 0 Å². The number of carbonyl (C=O) groups is 2. The van der Waals surface area contributed by atoms with E-state index in [9.17, 15) is 9.59 Å². The highest BCUT2D eigenvalue weighted by Crippen LogP contribution is 2.22. The molecule has 1 saturated heterocycles. The van der Waals surface area contributed by atoms with E-state index in [1.54, 1.807) is 30.1 Å². The van der Waals surface area contributed by atoms with E-state index < -0.39 is 0 Å². The minimum absolute atomic E-state index is 0.0570. The van der Waals surface area contributed by atoms with Crippen molar-refractivity contribution in [1.82, 2.24) is 19.8 Å². The van der Waals surface area contributed by atoms with Gasteiger partial charge in [0.25, 0.3) is 11.8 Å². The molecule has 2 amide bonds. The first-order chi connectivity index (χ1) is 14.6. The van der Waals surface area contributed by atoms with E-state index in [-0.39, 0.29) is 17.6 Å². The summed E-state index contributed by atoms with van der Waals surface area (Å²) in [6.07, 6.45) is 5.76. The fourth-order valence-electron chi connectivity index (χ4n) is 3.39. The smallest absolute Gasteiger partial charge is 0.287 e. The van der Waals surface area contributed by atoms with Crippen LogP contribution < -0.4 is 5.32 Å². The Bertz CT molecular complexity index is 1040. The zero-order chi connectivity index (χ0) is 20.9. The van der Waals surface area contributed by atoms with Gasteiger partial charge in [0.1, 0.15) is 5.76 Å². The van der Waals surface area contributed by atoms with Crippen molar-refractivity contribution < 1.29 is 14.0 Å². The quantitative estimate of drug-likeness (QED) is 0.588. The van der Waals surface area contributed by atoms with Gasteiger partial charge in [0.2, 0.25) is 0 Å². The minimum Gasteiger partial charge on any atom is -0.455 e. The van der Waals surface area contributed by atoms with Gasteiger partial charge in [-0.1, -0.05) is 23.9 Å². The molecule has 0 radical (unpaired) electrons. The molecule has 156 valence electrons. The van der Waals surface area contributed by atoms with Crippen molar-refractivity contribution in [2.45, 2.75) is 30.3 Å². The van der Waals surface area contributed by atoms with Crippen LogP contribution in [0.25, 0.3) is 0 Å². The van der Waals surface area contributed by atoms with Crippen molar-refractivity contribution in [3.8, 4) is 0 Å². The number of hydrogen-bond donors (Lipinski definition) is 1. The molecule has 4 rings (SSSR count). The summed E-state index contributed by atoms with van der Waals surface area (Å²) in [7, 11) is 1.93. The third-order valence-corrected chi connectivity index (χ3v) is 6.11. The molecule has 1 N–H and O–H groups in total. The highest BCUT2D eigenvalue weighted by atomic mass is 32.2. The van der Waals surface area contributed by atoms with Crippen molar-refractivity contribution in [2.75, 3.05) is 13.1 Å². The number of amides is 2. The van der Waals surface area contributed by atoms with Crippen molar-refractivity contribution in [3.63, 3.8) is 0 Å². The standard InChI is InChI=1S/C22H24N4O3S/c1-25-12-9-23-22(25)30-15-18-7-8-19(29-18)20(27)24-14-16-5-4-6-17(13-16)21(28)26-10-2-3-11-26/h4-9,12-13H,2-3,10-11,14-15H2,1H3,(H,24,27). The van der Waals surface area contributed by atoms with Gasteiger partial charge in [-0.3, -0.25) is 9.59 Å². The van der Waals surface area contributed by atoms with Gasteiger partial charge in [0.05, 0.1) is 5.75 Å². The largest absolute Gasteiger partial charge is 0.455 e. The lowest BCUT2D eigenvalue weighted by atomic mass is 10.1. The summed E-state index contributed by atoms with van der Waals surface area (Å²) in [6.45, 7) is 1.97. The van der Waals surface area contributed by atoms with E-state index in [2.05, 4.69) is 10.3 Å². The van der Waals surface area contributed by atoms with Crippen LogP contribution in [0.15, 0.2) is 58.4 Å². The first-order valence-electron chi connectivity index (χ1n) is 9.95. The number of rotatable bonds is 7. The fourth-order valence-corrected chi connectivity index (χ4v) is 4.22. The van der Waals surface area contributed by atoms with E-state index in [1.165, 1.54) is 0 Å². The van der Waals surface area contributed by atoms with E-state index in [4.69, 9.17) is 4.42 Å². The molecule has 1 aliphatic rings. The predicted octanol–water partition coefficient (Wildman–Crippen LogP) is 3.47. The Morgan fingerprint density at radius 3 is 2.80 bits per heavy atom. The van der Waals surface area contributed by atoms with Crippen molar-refractivity contribution >= 4 is 23.6 Å². The molecule has 0 atom stereocenters. The Kier molecular flexibility index (Phi) is 6.23. The van der Waals surface area contributed by atoms with Crippen LogP contribution in [0.2, 0.25) is 0 Å². The molecule has 8 heteroatoms. The first-order valence-corrected chi connectivity index (χ1v) is 10.9. The number of hydrogen-bond acceptors (Lipinski definition) is 5. The number of benzene rings is 1. The number of aromatic nitrogens is 2. The summed E-state index contributed by atoms with van der Waals surface area (Å²) in [6, 6.07) is 10.9. The number of aryl methyl sites for hydroxylation is 1. The maximum atomic E-state index is 12.5. The second-order valence-electron chi connectivity index (χ2n) is 7.26. The van der Waals surface area contributed by atoms with Gasteiger partial charge in [-0.05, 0) is 42.7 Å². The molecule has 1 aliphatic heterocycles. The third-order valence-electron chi connectivity index (χ3n) is 5.03. The highest BCUT2D eigenvalue weighted by Gasteiger charge is 2.19. The summed E-state index contributed by atoms with van der Waals surface area (Å²) >= 11 is 1.55. The Balaban J connectivity index is 1.31. The SMILES string of the molecule is Cn1ccnc1SCc1ccc(C(=O)NCc2cccc(C(=O)N3CCCC3)c2)o1. The molecule has 0 bridgehead atoms. The molecule has 0 spiro atoms. The maximum absolute atomic E-state index is 12.5. The molecule has 2 aromatic heterocycles. The molecule has 1 fully saturated rings. The summed E-state index contributed by atoms with van der Waals surface area (Å²) in [4.78, 5) is 31.1. The Hall–Kier alpha value is -3.00. The van der Waals surface area contributed by atoms with E-state index in [0.29, 0.717) is 23.6 Å². The molecule has 1 aromatic carbocycles. The molecule has 0 aliphatic carbocycles. The topological polar surface area (TPSA) is 80.4 Å². The molecule has 0 unspecified atom stereocenters. The third kappa shape index (κ3) is 4.76. The fraction of sp³-hybridized carbons (Fsp3) is 0.318. The monoisotopic (exact) mass is 424 g/mol. The number of imidazole rings is 1. The Labute approximate surface area is 179 Å². The summed E-state index contributed by atoms with van der Waals surface area (Å²) < 4.78 is 7.61. The number of furan rings is 1. The Morgan fingerprint density at radius 2 is 2.03 bits per heavy atom. The number of nitrogens with zero attached hydrogens (tertiary/aromatic N) is 3. The molecule has 3 heterocycles. The summed E-state index contributed by atoms with van der Waals surface area (Å²) in [5.74, 6) is 1.36. The average Bonchev–Trinajstić information content (AvgIpc) is 3.52. The van der Waals surface area contributed by atoms with Gasteiger partial charge >= 0.3 is 0 Å². The molecule has 3 aromatic rings. The van der Waals surface area contributed by atoms with Crippen LogP contribution in [0.4, 0.5) is 0 Å². The van der Waals surface area contributed by atoms with E-state index in [0.717, 1.165) is 36.7 Å². The van der Waals surface area contributed by atoms with Crippen LogP contribution in [0.1, 0.15) is 45.1 Å². The first kappa shape index (κ1) is 20.3. The second-order valence-corrected chi connectivity index (χ2v) is 8.20. The summed E-state index contributed by atoms with van der Waals surface area (Å²) in [5.41, 5.74) is 1.54. The zero-order valence-corrected chi connectivity index (χ0v) is 17.7. The lowest BCUT2D eigenvalue weighted by molar-refractivity contribution is 0.0792. The van der Waals surface area contributed by atoms with Crippen LogP contribution in [-0.2, 0) is 19.3 Å². The van der Waals surface area contributed by atoms with Crippen molar-refractivity contribution in [3.05, 3.63) is 71.4 Å². The number of nitrogens with one attached hydrogen (secondary N) is 1. The summed E-state index contributed by atoms with van der Waals surface area (Å²) in [5, 5.41) is 3.75. The van der Waals surface area contributed by atoms with Gasteiger partial charge in [0.15, 0.2) is 10.9 Å². The lowest BCUT2D eigenvalue weighted by Crippen LogP contribution is -2.28. The van der Waals surface area contributed by atoms with Crippen LogP contribution in [-0.4, -0.2) is 39.4 Å².